The lowest BCUT2D eigenvalue weighted by Crippen LogP contribution is -2.44. The third-order valence-electron chi connectivity index (χ3n) is 3.05. The molecule has 0 aliphatic heterocycles. The van der Waals surface area contributed by atoms with Crippen LogP contribution in [0, 0.1) is 0 Å². The van der Waals surface area contributed by atoms with Gasteiger partial charge in [0.15, 0.2) is 0 Å². The van der Waals surface area contributed by atoms with Crippen molar-refractivity contribution in [3.63, 3.8) is 0 Å². The molecule has 2 N–H and O–H groups in total. The molecule has 1 aromatic heterocycles. The molecule has 0 fully saturated rings. The highest BCUT2D eigenvalue weighted by Crippen LogP contribution is 2.06. The summed E-state index contributed by atoms with van der Waals surface area (Å²) in [7, 11) is -1.85. The maximum Gasteiger partial charge on any atom is 0.279 e. The summed E-state index contributed by atoms with van der Waals surface area (Å²) >= 11 is 0. The van der Waals surface area contributed by atoms with Crippen LogP contribution in [0.25, 0.3) is 0 Å². The molecule has 0 amide bonds. The maximum absolute atomic E-state index is 12.2. The minimum atomic E-state index is -3.45. The lowest BCUT2D eigenvalue weighted by Gasteiger charge is -2.21. The highest BCUT2D eigenvalue weighted by atomic mass is 32.2. The van der Waals surface area contributed by atoms with Crippen LogP contribution in [0.3, 0.4) is 0 Å². The normalized spacial score (nSPS) is 14.0. The molecule has 1 atom stereocenters. The van der Waals surface area contributed by atoms with Crippen molar-refractivity contribution in [1.29, 1.82) is 0 Å². The van der Waals surface area contributed by atoms with Crippen molar-refractivity contribution in [2.24, 2.45) is 0 Å². The fourth-order valence-corrected chi connectivity index (χ4v) is 3.07. The summed E-state index contributed by atoms with van der Waals surface area (Å²) in [6.45, 7) is 7.26. The van der Waals surface area contributed by atoms with Gasteiger partial charge in [-0.1, -0.05) is 13.8 Å². The Bertz CT molecular complexity index is 486. The monoisotopic (exact) mass is 317 g/mol. The summed E-state index contributed by atoms with van der Waals surface area (Å²) in [5.74, 6) is 0.772. The van der Waals surface area contributed by atoms with Crippen LogP contribution in [0.1, 0.15) is 33.0 Å². The summed E-state index contributed by atoms with van der Waals surface area (Å²) in [4.78, 5) is 0. The van der Waals surface area contributed by atoms with Gasteiger partial charge in [0.1, 0.15) is 5.76 Å². The highest BCUT2D eigenvalue weighted by Gasteiger charge is 2.20. The maximum atomic E-state index is 12.2. The smallest absolute Gasteiger partial charge is 0.279 e. The molecule has 6 nitrogen and oxygen atoms in total. The number of nitrogens with one attached hydrogen (secondary N) is 2. The standard InChI is InChI=1S/C14H27N3O3S/c1-12(2)15-8-6-9-17(4)21(18,19)16-13(3)11-14-7-5-10-20-14/h5,7,10,12-13,15-16H,6,8-9,11H2,1-4H3. The first-order valence-corrected chi connectivity index (χ1v) is 8.74. The average Bonchev–Trinajstić information content (AvgIpc) is 2.85. The van der Waals surface area contributed by atoms with E-state index >= 15 is 0 Å². The van der Waals surface area contributed by atoms with E-state index in [0.29, 0.717) is 19.0 Å². The van der Waals surface area contributed by atoms with Crippen molar-refractivity contribution in [3.05, 3.63) is 24.2 Å². The van der Waals surface area contributed by atoms with Gasteiger partial charge in [0.25, 0.3) is 10.2 Å². The second kappa shape index (κ2) is 8.53. The number of nitrogens with zero attached hydrogens (tertiary/aromatic N) is 1. The minimum Gasteiger partial charge on any atom is -0.469 e. The quantitative estimate of drug-likeness (QED) is 0.639. The minimum absolute atomic E-state index is 0.211. The van der Waals surface area contributed by atoms with Crippen LogP contribution >= 0.6 is 0 Å². The van der Waals surface area contributed by atoms with Gasteiger partial charge in [0.2, 0.25) is 0 Å². The first-order chi connectivity index (χ1) is 9.81. The Kier molecular flexibility index (Phi) is 7.37. The van der Waals surface area contributed by atoms with Crippen molar-refractivity contribution >= 4 is 10.2 Å². The third kappa shape index (κ3) is 7.08. The molecule has 0 aliphatic carbocycles. The van der Waals surface area contributed by atoms with E-state index < -0.39 is 10.2 Å². The van der Waals surface area contributed by atoms with Gasteiger partial charge in [-0.3, -0.25) is 0 Å². The fraction of sp³-hybridized carbons (Fsp3) is 0.714. The third-order valence-corrected chi connectivity index (χ3v) is 4.75. The Balaban J connectivity index is 2.37. The molecule has 0 aliphatic rings. The Morgan fingerprint density at radius 3 is 2.62 bits per heavy atom. The van der Waals surface area contributed by atoms with E-state index in [1.807, 2.05) is 13.0 Å². The Labute approximate surface area is 128 Å². The summed E-state index contributed by atoms with van der Waals surface area (Å²) in [6.07, 6.45) is 2.90. The van der Waals surface area contributed by atoms with Gasteiger partial charge in [-0.05, 0) is 32.0 Å². The predicted octanol–water partition coefficient (Wildman–Crippen LogP) is 1.36. The summed E-state index contributed by atoms with van der Waals surface area (Å²) in [5, 5.41) is 3.27. The molecule has 0 saturated carbocycles. The zero-order valence-electron chi connectivity index (χ0n) is 13.3. The first kappa shape index (κ1) is 18.2. The molecule has 1 heterocycles. The number of hydrogen-bond donors (Lipinski definition) is 2. The van der Waals surface area contributed by atoms with Gasteiger partial charge in [-0.15, -0.1) is 0 Å². The van der Waals surface area contributed by atoms with Crippen LogP contribution in [-0.2, 0) is 16.6 Å². The van der Waals surface area contributed by atoms with Gasteiger partial charge >= 0.3 is 0 Å². The molecule has 0 saturated heterocycles. The fourth-order valence-electron chi connectivity index (χ4n) is 1.93. The lowest BCUT2D eigenvalue weighted by atomic mass is 10.2. The van der Waals surface area contributed by atoms with Crippen LogP contribution in [-0.4, -0.2) is 44.9 Å². The second-order valence-electron chi connectivity index (χ2n) is 5.59. The van der Waals surface area contributed by atoms with Crippen molar-refractivity contribution in [3.8, 4) is 0 Å². The summed E-state index contributed by atoms with van der Waals surface area (Å²) < 4.78 is 33.6. The zero-order valence-corrected chi connectivity index (χ0v) is 14.1. The molecular weight excluding hydrogens is 290 g/mol. The van der Waals surface area contributed by atoms with Crippen molar-refractivity contribution in [2.75, 3.05) is 20.1 Å². The molecule has 0 spiro atoms. The molecule has 0 radical (unpaired) electrons. The molecule has 1 aromatic rings. The van der Waals surface area contributed by atoms with Crippen LogP contribution < -0.4 is 10.0 Å². The van der Waals surface area contributed by atoms with Gasteiger partial charge in [0.05, 0.1) is 6.26 Å². The molecule has 21 heavy (non-hydrogen) atoms. The number of furan rings is 1. The second-order valence-corrected chi connectivity index (χ2v) is 7.40. The lowest BCUT2D eigenvalue weighted by molar-refractivity contribution is 0.426. The molecular formula is C14H27N3O3S. The number of rotatable bonds is 10. The van der Waals surface area contributed by atoms with Gasteiger partial charge < -0.3 is 9.73 Å². The predicted molar refractivity (Wildman–Crippen MR) is 84.3 cm³/mol. The van der Waals surface area contributed by atoms with Gasteiger partial charge in [0, 0.05) is 32.1 Å². The topological polar surface area (TPSA) is 74.6 Å². The molecule has 0 bridgehead atoms. The van der Waals surface area contributed by atoms with Crippen LogP contribution in [0.4, 0.5) is 0 Å². The van der Waals surface area contributed by atoms with Crippen LogP contribution in [0.5, 0.6) is 0 Å². The summed E-state index contributed by atoms with van der Waals surface area (Å²) in [5.41, 5.74) is 0. The summed E-state index contributed by atoms with van der Waals surface area (Å²) in [6, 6.07) is 3.84. The van der Waals surface area contributed by atoms with Crippen molar-refractivity contribution in [1.82, 2.24) is 14.3 Å². The van der Waals surface area contributed by atoms with Gasteiger partial charge in [-0.25, -0.2) is 0 Å². The Morgan fingerprint density at radius 2 is 2.05 bits per heavy atom. The molecule has 0 aromatic carbocycles. The van der Waals surface area contributed by atoms with Crippen LogP contribution in [0.15, 0.2) is 22.8 Å². The number of hydrogen-bond acceptors (Lipinski definition) is 4. The Hall–Kier alpha value is -0.890. The molecule has 122 valence electrons. The van der Waals surface area contributed by atoms with Gasteiger partial charge in [-0.2, -0.15) is 17.4 Å². The van der Waals surface area contributed by atoms with Crippen LogP contribution in [0.2, 0.25) is 0 Å². The molecule has 1 unspecified atom stereocenters. The largest absolute Gasteiger partial charge is 0.469 e. The van der Waals surface area contributed by atoms with E-state index in [-0.39, 0.29) is 6.04 Å². The van der Waals surface area contributed by atoms with E-state index in [2.05, 4.69) is 23.9 Å². The Morgan fingerprint density at radius 1 is 1.33 bits per heavy atom. The van der Waals surface area contributed by atoms with E-state index in [9.17, 15) is 8.42 Å². The highest BCUT2D eigenvalue weighted by molar-refractivity contribution is 7.87. The van der Waals surface area contributed by atoms with E-state index in [1.165, 1.54) is 4.31 Å². The molecule has 7 heteroatoms. The average molecular weight is 317 g/mol. The van der Waals surface area contributed by atoms with E-state index in [4.69, 9.17) is 4.42 Å². The SMILES string of the molecule is CC(C)NCCCN(C)S(=O)(=O)NC(C)Cc1ccco1. The van der Waals surface area contributed by atoms with Crippen molar-refractivity contribution in [2.45, 2.75) is 45.7 Å². The first-order valence-electron chi connectivity index (χ1n) is 7.30. The van der Waals surface area contributed by atoms with E-state index in [1.54, 1.807) is 19.4 Å². The molecule has 1 rings (SSSR count). The van der Waals surface area contributed by atoms with Crippen molar-refractivity contribution < 1.29 is 12.8 Å². The zero-order chi connectivity index (χ0) is 15.9. The van der Waals surface area contributed by atoms with E-state index in [0.717, 1.165) is 18.7 Å².